The van der Waals surface area contributed by atoms with Crippen LogP contribution in [0.15, 0.2) is 0 Å². The average Bonchev–Trinajstić information content (AvgIpc) is 2.43. The summed E-state index contributed by atoms with van der Waals surface area (Å²) in [4.78, 5) is 8.86. The van der Waals surface area contributed by atoms with Gasteiger partial charge in [0.05, 0.1) is 6.10 Å². The molecule has 0 bridgehead atoms. The van der Waals surface area contributed by atoms with Crippen LogP contribution < -0.4 is 11.1 Å². The van der Waals surface area contributed by atoms with E-state index < -0.39 is 0 Å². The molecule has 5 nitrogen and oxygen atoms in total. The lowest BCUT2D eigenvalue weighted by molar-refractivity contribution is 0.0763. The molecule has 1 aromatic heterocycles. The van der Waals surface area contributed by atoms with Crippen molar-refractivity contribution < 1.29 is 5.11 Å². The molecule has 1 aromatic rings. The molecule has 1 aliphatic rings. The Bertz CT molecular complexity index is 450. The van der Waals surface area contributed by atoms with E-state index in [1.54, 1.807) is 0 Å². The highest BCUT2D eigenvalue weighted by molar-refractivity contribution is 5.54. The van der Waals surface area contributed by atoms with Gasteiger partial charge in [-0.25, -0.2) is 9.97 Å². The number of nitrogens with zero attached hydrogens (tertiary/aromatic N) is 2. The standard InChI is InChI=1S/C15H26N4O/c1-3-6-13-18-14(16)10(2)15(19-13)17-9-11-7-4-5-8-12(11)20/h11-12,20H,3-9H2,1-2H3,(H3,16,17,18,19). The monoisotopic (exact) mass is 278 g/mol. The third-order valence-corrected chi connectivity index (χ3v) is 4.10. The van der Waals surface area contributed by atoms with Gasteiger partial charge < -0.3 is 16.2 Å². The van der Waals surface area contributed by atoms with Crippen molar-refractivity contribution in [1.29, 1.82) is 0 Å². The number of aromatic nitrogens is 2. The zero-order chi connectivity index (χ0) is 14.5. The van der Waals surface area contributed by atoms with Crippen LogP contribution in [0, 0.1) is 12.8 Å². The summed E-state index contributed by atoms with van der Waals surface area (Å²) in [5, 5.41) is 13.4. The van der Waals surface area contributed by atoms with Crippen LogP contribution in [0.3, 0.4) is 0 Å². The van der Waals surface area contributed by atoms with Crippen molar-refractivity contribution in [2.45, 2.75) is 58.5 Å². The number of nitrogen functional groups attached to an aromatic ring is 1. The number of hydrogen-bond donors (Lipinski definition) is 3. The Morgan fingerprint density at radius 1 is 1.30 bits per heavy atom. The molecule has 5 heteroatoms. The normalized spacial score (nSPS) is 22.8. The molecule has 2 atom stereocenters. The lowest BCUT2D eigenvalue weighted by atomic mass is 9.86. The van der Waals surface area contributed by atoms with Crippen LogP contribution in [0.5, 0.6) is 0 Å². The van der Waals surface area contributed by atoms with Gasteiger partial charge in [-0.15, -0.1) is 0 Å². The summed E-state index contributed by atoms with van der Waals surface area (Å²) < 4.78 is 0. The quantitative estimate of drug-likeness (QED) is 0.769. The summed E-state index contributed by atoms with van der Waals surface area (Å²) in [6, 6.07) is 0. The molecule has 0 amide bonds. The maximum Gasteiger partial charge on any atom is 0.134 e. The number of aliphatic hydroxyl groups excluding tert-OH is 1. The van der Waals surface area contributed by atoms with Crippen molar-refractivity contribution >= 4 is 11.6 Å². The van der Waals surface area contributed by atoms with E-state index in [2.05, 4.69) is 22.2 Å². The van der Waals surface area contributed by atoms with Gasteiger partial charge >= 0.3 is 0 Å². The molecular formula is C15H26N4O. The second-order valence-electron chi connectivity index (χ2n) is 5.74. The van der Waals surface area contributed by atoms with Gasteiger partial charge in [-0.2, -0.15) is 0 Å². The Kier molecular flexibility index (Phi) is 5.17. The van der Waals surface area contributed by atoms with E-state index in [9.17, 15) is 5.11 Å². The number of rotatable bonds is 5. The summed E-state index contributed by atoms with van der Waals surface area (Å²) in [5.41, 5.74) is 6.85. The molecule has 1 aliphatic carbocycles. The first-order valence-electron chi connectivity index (χ1n) is 7.66. The van der Waals surface area contributed by atoms with Crippen molar-refractivity contribution in [2.24, 2.45) is 5.92 Å². The summed E-state index contributed by atoms with van der Waals surface area (Å²) >= 11 is 0. The largest absolute Gasteiger partial charge is 0.393 e. The van der Waals surface area contributed by atoms with E-state index in [1.165, 1.54) is 6.42 Å². The van der Waals surface area contributed by atoms with Crippen LogP contribution in [-0.2, 0) is 6.42 Å². The highest BCUT2D eigenvalue weighted by Crippen LogP contribution is 2.25. The van der Waals surface area contributed by atoms with E-state index in [4.69, 9.17) is 5.73 Å². The second-order valence-corrected chi connectivity index (χ2v) is 5.74. The fraction of sp³-hybridized carbons (Fsp3) is 0.733. The van der Waals surface area contributed by atoms with E-state index >= 15 is 0 Å². The van der Waals surface area contributed by atoms with Gasteiger partial charge in [-0.1, -0.05) is 19.8 Å². The second kappa shape index (κ2) is 6.88. The Hall–Kier alpha value is -1.36. The Labute approximate surface area is 121 Å². The Morgan fingerprint density at radius 2 is 2.05 bits per heavy atom. The fourth-order valence-electron chi connectivity index (χ4n) is 2.74. The number of aliphatic hydroxyl groups is 1. The molecule has 0 saturated heterocycles. The van der Waals surface area contributed by atoms with Crippen LogP contribution in [0.4, 0.5) is 11.6 Å². The van der Waals surface area contributed by atoms with E-state index in [-0.39, 0.29) is 6.10 Å². The maximum atomic E-state index is 10.0. The first-order valence-corrected chi connectivity index (χ1v) is 7.66. The minimum atomic E-state index is -0.189. The van der Waals surface area contributed by atoms with Gasteiger partial charge in [0.1, 0.15) is 17.5 Å². The molecule has 4 N–H and O–H groups in total. The molecule has 1 fully saturated rings. The summed E-state index contributed by atoms with van der Waals surface area (Å²) in [5.74, 6) is 2.48. The van der Waals surface area contributed by atoms with Crippen LogP contribution in [0.25, 0.3) is 0 Å². The lowest BCUT2D eigenvalue weighted by Crippen LogP contribution is -2.30. The molecule has 112 valence electrons. The molecule has 0 aromatic carbocycles. The fourth-order valence-corrected chi connectivity index (χ4v) is 2.74. The molecule has 2 rings (SSSR count). The molecule has 1 saturated carbocycles. The molecule has 1 heterocycles. The smallest absolute Gasteiger partial charge is 0.134 e. The molecule has 20 heavy (non-hydrogen) atoms. The molecule has 0 radical (unpaired) electrons. The van der Waals surface area contributed by atoms with E-state index in [0.29, 0.717) is 11.7 Å². The number of nitrogens with two attached hydrogens (primary N) is 1. The molecular weight excluding hydrogens is 252 g/mol. The van der Waals surface area contributed by atoms with Crippen molar-refractivity contribution in [2.75, 3.05) is 17.6 Å². The predicted molar refractivity (Wildman–Crippen MR) is 81.6 cm³/mol. The van der Waals surface area contributed by atoms with E-state index in [1.807, 2.05) is 6.92 Å². The Morgan fingerprint density at radius 3 is 2.75 bits per heavy atom. The Balaban J connectivity index is 2.04. The topological polar surface area (TPSA) is 84.1 Å². The van der Waals surface area contributed by atoms with Gasteiger partial charge in [0.25, 0.3) is 0 Å². The summed E-state index contributed by atoms with van der Waals surface area (Å²) in [6.45, 7) is 4.79. The van der Waals surface area contributed by atoms with Gasteiger partial charge in [0.2, 0.25) is 0 Å². The van der Waals surface area contributed by atoms with Crippen molar-refractivity contribution in [3.8, 4) is 0 Å². The van der Waals surface area contributed by atoms with Crippen LogP contribution >= 0.6 is 0 Å². The van der Waals surface area contributed by atoms with E-state index in [0.717, 1.165) is 55.9 Å². The van der Waals surface area contributed by atoms with Gasteiger partial charge in [-0.3, -0.25) is 0 Å². The summed E-state index contributed by atoms with van der Waals surface area (Å²) in [7, 11) is 0. The lowest BCUT2D eigenvalue weighted by Gasteiger charge is -2.28. The maximum absolute atomic E-state index is 10.0. The van der Waals surface area contributed by atoms with Gasteiger partial charge in [0.15, 0.2) is 0 Å². The van der Waals surface area contributed by atoms with Gasteiger partial charge in [0, 0.05) is 24.4 Å². The van der Waals surface area contributed by atoms with Crippen molar-refractivity contribution in [1.82, 2.24) is 9.97 Å². The molecule has 0 spiro atoms. The first-order chi connectivity index (χ1) is 9.61. The third-order valence-electron chi connectivity index (χ3n) is 4.10. The highest BCUT2D eigenvalue weighted by Gasteiger charge is 2.23. The number of hydrogen-bond acceptors (Lipinski definition) is 5. The van der Waals surface area contributed by atoms with Gasteiger partial charge in [-0.05, 0) is 26.2 Å². The van der Waals surface area contributed by atoms with Crippen LogP contribution in [-0.4, -0.2) is 27.7 Å². The highest BCUT2D eigenvalue weighted by atomic mass is 16.3. The predicted octanol–water partition coefficient (Wildman–Crippen LogP) is 2.28. The van der Waals surface area contributed by atoms with Crippen LogP contribution in [0.1, 0.15) is 50.4 Å². The molecule has 2 unspecified atom stereocenters. The minimum absolute atomic E-state index is 0.189. The minimum Gasteiger partial charge on any atom is -0.393 e. The number of anilines is 2. The number of aryl methyl sites for hydroxylation is 1. The zero-order valence-corrected chi connectivity index (χ0v) is 12.5. The number of nitrogens with one attached hydrogen (secondary N) is 1. The SMILES string of the molecule is CCCc1nc(N)c(C)c(NCC2CCCCC2O)n1. The van der Waals surface area contributed by atoms with Crippen molar-refractivity contribution in [3.05, 3.63) is 11.4 Å². The van der Waals surface area contributed by atoms with Crippen molar-refractivity contribution in [3.63, 3.8) is 0 Å². The average molecular weight is 278 g/mol. The summed E-state index contributed by atoms with van der Waals surface area (Å²) in [6.07, 6.45) is 5.99. The zero-order valence-electron chi connectivity index (χ0n) is 12.5. The van der Waals surface area contributed by atoms with Crippen LogP contribution in [0.2, 0.25) is 0 Å². The molecule has 0 aliphatic heterocycles. The first kappa shape index (κ1) is 15.0. The third kappa shape index (κ3) is 3.60.